The second-order valence-corrected chi connectivity index (χ2v) is 4.25. The molecule has 5 heteroatoms. The molecule has 2 heterocycles. The first-order valence-electron chi connectivity index (χ1n) is 5.70. The topological polar surface area (TPSA) is 25.4 Å². The van der Waals surface area contributed by atoms with Crippen molar-refractivity contribution in [1.82, 2.24) is 9.88 Å². The van der Waals surface area contributed by atoms with Gasteiger partial charge in [-0.15, -0.1) is 24.8 Å². The Balaban J connectivity index is 0.00000144. The number of halogens is 2. The normalized spacial score (nSPS) is 18.6. The molecule has 1 aliphatic heterocycles. The molecule has 1 saturated heterocycles. The van der Waals surface area contributed by atoms with E-state index in [1.165, 1.54) is 19.4 Å². The highest BCUT2D eigenvalue weighted by molar-refractivity contribution is 5.85. The first-order valence-corrected chi connectivity index (χ1v) is 5.70. The summed E-state index contributed by atoms with van der Waals surface area (Å²) in [5.74, 6) is 0.831. The number of pyridine rings is 1. The number of aromatic nitrogens is 1. The minimum atomic E-state index is 0. The van der Waals surface area contributed by atoms with Crippen molar-refractivity contribution in [3.8, 4) is 5.75 Å². The smallest absolute Gasteiger partial charge is 0.138 e. The van der Waals surface area contributed by atoms with Crippen LogP contribution >= 0.6 is 24.8 Å². The molecule has 2 rings (SSSR count). The number of nitrogens with zero attached hydrogens (tertiary/aromatic N) is 2. The van der Waals surface area contributed by atoms with Gasteiger partial charge in [0.05, 0.1) is 6.20 Å². The van der Waals surface area contributed by atoms with Gasteiger partial charge >= 0.3 is 0 Å². The van der Waals surface area contributed by atoms with Crippen molar-refractivity contribution in [3.05, 3.63) is 30.6 Å². The minimum absolute atomic E-state index is 0. The Labute approximate surface area is 121 Å². The molecule has 0 aliphatic carbocycles. The number of hydrogen-bond acceptors (Lipinski definition) is 3. The van der Waals surface area contributed by atoms with Crippen LogP contribution in [0.1, 0.15) is 18.4 Å². The van der Waals surface area contributed by atoms with Crippen LogP contribution in [0.4, 0.5) is 0 Å². The van der Waals surface area contributed by atoms with E-state index in [1.807, 2.05) is 6.07 Å². The largest absolute Gasteiger partial charge is 0.490 e. The van der Waals surface area contributed by atoms with Gasteiger partial charge in [0.25, 0.3) is 0 Å². The number of ether oxygens (including phenoxy) is 1. The molecule has 18 heavy (non-hydrogen) atoms. The maximum atomic E-state index is 5.75. The molecule has 0 saturated carbocycles. The lowest BCUT2D eigenvalue weighted by Gasteiger charge is -2.19. The maximum absolute atomic E-state index is 5.75. The van der Waals surface area contributed by atoms with Gasteiger partial charge < -0.3 is 9.64 Å². The van der Waals surface area contributed by atoms with E-state index in [1.54, 1.807) is 18.5 Å². The Morgan fingerprint density at radius 2 is 2.28 bits per heavy atom. The number of likely N-dealkylation sites (tertiary alicyclic amines) is 1. The molecule has 0 unspecified atom stereocenters. The lowest BCUT2D eigenvalue weighted by molar-refractivity contribution is 0.198. The molecule has 0 N–H and O–H groups in total. The second kappa shape index (κ2) is 8.35. The second-order valence-electron chi connectivity index (χ2n) is 4.25. The quantitative estimate of drug-likeness (QED) is 0.852. The predicted molar refractivity (Wildman–Crippen MR) is 80.0 cm³/mol. The fraction of sp³-hybridized carbons (Fsp3) is 0.462. The summed E-state index contributed by atoms with van der Waals surface area (Å²) in [6.07, 6.45) is 7.81. The Bertz CT molecular complexity index is 374. The van der Waals surface area contributed by atoms with Gasteiger partial charge in [-0.3, -0.25) is 4.98 Å². The summed E-state index contributed by atoms with van der Waals surface area (Å²) in [5.41, 5.74) is 0.997. The van der Waals surface area contributed by atoms with Crippen LogP contribution < -0.4 is 4.74 Å². The summed E-state index contributed by atoms with van der Waals surface area (Å²) in [4.78, 5) is 6.46. The molecule has 1 aromatic rings. The monoisotopic (exact) mass is 290 g/mol. The first kappa shape index (κ1) is 17.2. The van der Waals surface area contributed by atoms with Gasteiger partial charge in [0.2, 0.25) is 0 Å². The average molecular weight is 291 g/mol. The highest BCUT2D eigenvalue weighted by Gasteiger charge is 2.21. The van der Waals surface area contributed by atoms with Crippen LogP contribution in [0.3, 0.4) is 0 Å². The van der Waals surface area contributed by atoms with Crippen LogP contribution in [0.5, 0.6) is 5.75 Å². The summed E-state index contributed by atoms with van der Waals surface area (Å²) >= 11 is 0. The summed E-state index contributed by atoms with van der Waals surface area (Å²) in [7, 11) is 2.15. The summed E-state index contributed by atoms with van der Waals surface area (Å²) in [6, 6.07) is 2.52. The van der Waals surface area contributed by atoms with Crippen LogP contribution in [-0.4, -0.2) is 36.1 Å². The Hall–Kier alpha value is -0.770. The van der Waals surface area contributed by atoms with E-state index < -0.39 is 0 Å². The van der Waals surface area contributed by atoms with Crippen LogP contribution in [0.2, 0.25) is 0 Å². The minimum Gasteiger partial charge on any atom is -0.490 e. The molecule has 0 aromatic carbocycles. The SMILES string of the molecule is C=Cc1cncc(OC[C@@H]2CCCN2C)c1.Cl.Cl. The van der Waals surface area contributed by atoms with Gasteiger partial charge in [-0.25, -0.2) is 0 Å². The van der Waals surface area contributed by atoms with Gasteiger partial charge in [-0.1, -0.05) is 12.7 Å². The van der Waals surface area contributed by atoms with Crippen molar-refractivity contribution < 1.29 is 4.74 Å². The first-order chi connectivity index (χ1) is 7.79. The van der Waals surface area contributed by atoms with E-state index in [0.29, 0.717) is 6.04 Å². The number of rotatable bonds is 4. The Morgan fingerprint density at radius 3 is 2.89 bits per heavy atom. The van der Waals surface area contributed by atoms with Crippen molar-refractivity contribution in [2.45, 2.75) is 18.9 Å². The third kappa shape index (κ3) is 4.48. The fourth-order valence-electron chi connectivity index (χ4n) is 2.01. The van der Waals surface area contributed by atoms with E-state index in [0.717, 1.165) is 17.9 Å². The fourth-order valence-corrected chi connectivity index (χ4v) is 2.01. The number of hydrogen-bond donors (Lipinski definition) is 0. The van der Waals surface area contributed by atoms with Crippen LogP contribution in [0.25, 0.3) is 6.08 Å². The van der Waals surface area contributed by atoms with Gasteiger partial charge in [0.15, 0.2) is 0 Å². The summed E-state index contributed by atoms with van der Waals surface area (Å²) in [5, 5.41) is 0. The van der Waals surface area contributed by atoms with E-state index in [4.69, 9.17) is 4.74 Å². The highest BCUT2D eigenvalue weighted by Crippen LogP contribution is 2.17. The molecule has 1 aromatic heterocycles. The molecule has 1 aliphatic rings. The molecule has 0 amide bonds. The van der Waals surface area contributed by atoms with Gasteiger partial charge in [-0.2, -0.15) is 0 Å². The molecular formula is C13H20Cl2N2O. The molecule has 102 valence electrons. The number of likely N-dealkylation sites (N-methyl/N-ethyl adjacent to an activating group) is 1. The molecule has 0 bridgehead atoms. The van der Waals surface area contributed by atoms with Crippen molar-refractivity contribution in [1.29, 1.82) is 0 Å². The maximum Gasteiger partial charge on any atom is 0.138 e. The van der Waals surface area contributed by atoms with Crippen molar-refractivity contribution in [2.24, 2.45) is 0 Å². The zero-order valence-electron chi connectivity index (χ0n) is 10.5. The molecule has 0 spiro atoms. The lowest BCUT2D eigenvalue weighted by atomic mass is 10.2. The van der Waals surface area contributed by atoms with Crippen LogP contribution in [0.15, 0.2) is 25.0 Å². The summed E-state index contributed by atoms with van der Waals surface area (Å²) in [6.45, 7) is 5.65. The van der Waals surface area contributed by atoms with E-state index in [-0.39, 0.29) is 24.8 Å². The van der Waals surface area contributed by atoms with Crippen molar-refractivity contribution >= 4 is 30.9 Å². The third-order valence-corrected chi connectivity index (χ3v) is 3.08. The van der Waals surface area contributed by atoms with Crippen molar-refractivity contribution in [3.63, 3.8) is 0 Å². The lowest BCUT2D eigenvalue weighted by Crippen LogP contribution is -2.30. The van der Waals surface area contributed by atoms with Crippen LogP contribution in [-0.2, 0) is 0 Å². The zero-order chi connectivity index (χ0) is 11.4. The van der Waals surface area contributed by atoms with Crippen molar-refractivity contribution in [2.75, 3.05) is 20.2 Å². The van der Waals surface area contributed by atoms with Crippen LogP contribution in [0, 0.1) is 0 Å². The molecule has 1 fully saturated rings. The third-order valence-electron chi connectivity index (χ3n) is 3.08. The molecule has 1 atom stereocenters. The Morgan fingerprint density at radius 1 is 1.50 bits per heavy atom. The summed E-state index contributed by atoms with van der Waals surface area (Å²) < 4.78 is 5.75. The van der Waals surface area contributed by atoms with E-state index in [2.05, 4.69) is 23.5 Å². The van der Waals surface area contributed by atoms with Gasteiger partial charge in [0, 0.05) is 12.2 Å². The highest BCUT2D eigenvalue weighted by atomic mass is 35.5. The molecule has 0 radical (unpaired) electrons. The van der Waals surface area contributed by atoms with Gasteiger partial charge in [-0.05, 0) is 38.1 Å². The average Bonchev–Trinajstić information content (AvgIpc) is 2.72. The predicted octanol–water partition coefficient (Wildman–Crippen LogP) is 3.04. The molecule has 3 nitrogen and oxygen atoms in total. The Kier molecular flexibility index (Phi) is 8.00. The standard InChI is InChI=1S/C13H18N2O.2ClH/c1-3-11-7-13(9-14-8-11)16-10-12-5-4-6-15(12)2;;/h3,7-9,12H,1,4-6,10H2,2H3;2*1H/t12-;;/m0../s1. The van der Waals surface area contributed by atoms with E-state index >= 15 is 0 Å². The zero-order valence-corrected chi connectivity index (χ0v) is 12.2. The van der Waals surface area contributed by atoms with Gasteiger partial charge in [0.1, 0.15) is 12.4 Å². The molecular weight excluding hydrogens is 271 g/mol. The van der Waals surface area contributed by atoms with E-state index in [9.17, 15) is 0 Å².